The smallest absolute Gasteiger partial charge is 0.337 e. The lowest BCUT2D eigenvalue weighted by atomic mass is 9.95. The molecule has 7 heteroatoms. The number of esters is 1. The van der Waals surface area contributed by atoms with E-state index in [1.54, 1.807) is 0 Å². The van der Waals surface area contributed by atoms with Gasteiger partial charge in [-0.2, -0.15) is 0 Å². The van der Waals surface area contributed by atoms with Crippen molar-refractivity contribution in [2.24, 2.45) is 0 Å². The number of allylic oxidation sites excluding steroid dienone is 1. The minimum atomic E-state index is -0.437. The molecule has 35 heavy (non-hydrogen) atoms. The highest BCUT2D eigenvalue weighted by atomic mass is 32.1. The summed E-state index contributed by atoms with van der Waals surface area (Å²) in [5.41, 5.74) is 5.49. The third kappa shape index (κ3) is 5.10. The number of hydrogen-bond donors (Lipinski definition) is 2. The highest BCUT2D eigenvalue weighted by molar-refractivity contribution is 7.80. The van der Waals surface area contributed by atoms with Crippen molar-refractivity contribution in [1.82, 2.24) is 10.2 Å². The van der Waals surface area contributed by atoms with Gasteiger partial charge in [0.15, 0.2) is 5.11 Å². The van der Waals surface area contributed by atoms with Crippen molar-refractivity contribution >= 4 is 34.9 Å². The molecule has 1 atom stereocenters. The third-order valence-electron chi connectivity index (χ3n) is 6.07. The molecule has 1 aliphatic heterocycles. The third-order valence-corrected chi connectivity index (χ3v) is 6.41. The fourth-order valence-corrected chi connectivity index (χ4v) is 4.58. The van der Waals surface area contributed by atoms with Crippen LogP contribution in [0.1, 0.15) is 35.8 Å². The molecule has 0 saturated carbocycles. The van der Waals surface area contributed by atoms with E-state index in [4.69, 9.17) is 17.0 Å². The van der Waals surface area contributed by atoms with E-state index in [1.165, 1.54) is 7.11 Å². The van der Waals surface area contributed by atoms with E-state index in [9.17, 15) is 9.59 Å². The molecule has 1 amide bonds. The van der Waals surface area contributed by atoms with Crippen molar-refractivity contribution in [1.29, 1.82) is 0 Å². The number of carbonyl (C=O) groups excluding carboxylic acids is 2. The second kappa shape index (κ2) is 10.5. The van der Waals surface area contributed by atoms with Crippen molar-refractivity contribution in [2.75, 3.05) is 19.0 Å². The number of thiocarbonyl (C=S) groups is 1. The lowest BCUT2D eigenvalue weighted by Crippen LogP contribution is -2.47. The molecule has 3 aromatic carbocycles. The molecule has 0 radical (unpaired) electrons. The van der Waals surface area contributed by atoms with Gasteiger partial charge in [0, 0.05) is 23.5 Å². The average molecular weight is 486 g/mol. The van der Waals surface area contributed by atoms with Crippen molar-refractivity contribution < 1.29 is 14.3 Å². The van der Waals surface area contributed by atoms with Crippen LogP contribution >= 0.6 is 12.2 Å². The molecule has 0 saturated heterocycles. The first-order valence-corrected chi connectivity index (χ1v) is 11.8. The predicted molar refractivity (Wildman–Crippen MR) is 142 cm³/mol. The van der Waals surface area contributed by atoms with Crippen LogP contribution in [0.15, 0.2) is 90.1 Å². The van der Waals surface area contributed by atoms with Crippen LogP contribution in [-0.2, 0) is 9.53 Å². The lowest BCUT2D eigenvalue weighted by molar-refractivity contribution is -0.136. The summed E-state index contributed by atoms with van der Waals surface area (Å²) >= 11 is 5.50. The van der Waals surface area contributed by atoms with Crippen LogP contribution in [0.2, 0.25) is 0 Å². The standard InChI is InChI=1S/C28H27N3O3S/c1-4-31-18(2)24(27(33)34-3)25(30-28(31)35)21-14-16-23(17-15-21)29-26(32)22-12-10-20(11-13-22)19-8-6-5-7-9-19/h5-17,25H,4H2,1-3H3,(H,29,32)(H,30,35)/t25-/m1/s1. The molecule has 2 N–H and O–H groups in total. The van der Waals surface area contributed by atoms with E-state index in [0.717, 1.165) is 22.4 Å². The molecule has 0 aromatic heterocycles. The molecule has 1 heterocycles. The van der Waals surface area contributed by atoms with Crippen LogP contribution < -0.4 is 10.6 Å². The van der Waals surface area contributed by atoms with E-state index in [1.807, 2.05) is 97.6 Å². The largest absolute Gasteiger partial charge is 0.466 e. The number of benzene rings is 3. The van der Waals surface area contributed by atoms with E-state index >= 15 is 0 Å². The first-order chi connectivity index (χ1) is 16.9. The molecule has 0 bridgehead atoms. The fourth-order valence-electron chi connectivity index (χ4n) is 4.19. The van der Waals surface area contributed by atoms with E-state index in [2.05, 4.69) is 10.6 Å². The van der Waals surface area contributed by atoms with Crippen molar-refractivity contribution in [3.8, 4) is 11.1 Å². The molecule has 3 aromatic rings. The van der Waals surface area contributed by atoms with E-state index in [-0.39, 0.29) is 5.91 Å². The Balaban J connectivity index is 1.50. The Morgan fingerprint density at radius 2 is 1.60 bits per heavy atom. The maximum atomic E-state index is 12.8. The van der Waals surface area contributed by atoms with Gasteiger partial charge < -0.3 is 20.3 Å². The molecule has 1 aliphatic rings. The molecular weight excluding hydrogens is 458 g/mol. The number of anilines is 1. The van der Waals surface area contributed by atoms with Gasteiger partial charge in [-0.15, -0.1) is 0 Å². The maximum Gasteiger partial charge on any atom is 0.337 e. The summed E-state index contributed by atoms with van der Waals surface area (Å²) in [6.07, 6.45) is 0. The molecule has 6 nitrogen and oxygen atoms in total. The highest BCUT2D eigenvalue weighted by Crippen LogP contribution is 2.32. The molecule has 0 fully saturated rings. The number of hydrogen-bond acceptors (Lipinski definition) is 4. The minimum Gasteiger partial charge on any atom is -0.466 e. The van der Waals surface area contributed by atoms with Crippen LogP contribution in [0.3, 0.4) is 0 Å². The van der Waals surface area contributed by atoms with Gasteiger partial charge in [0.05, 0.1) is 18.7 Å². The minimum absolute atomic E-state index is 0.195. The molecule has 0 unspecified atom stereocenters. The number of nitrogens with one attached hydrogen (secondary N) is 2. The zero-order valence-electron chi connectivity index (χ0n) is 19.9. The van der Waals surface area contributed by atoms with Crippen LogP contribution in [0, 0.1) is 0 Å². The molecule has 178 valence electrons. The van der Waals surface area contributed by atoms with Gasteiger partial charge in [-0.05, 0) is 67.0 Å². The zero-order chi connectivity index (χ0) is 24.9. The highest BCUT2D eigenvalue weighted by Gasteiger charge is 2.33. The van der Waals surface area contributed by atoms with Gasteiger partial charge in [-0.1, -0.05) is 54.6 Å². The van der Waals surface area contributed by atoms with Gasteiger partial charge in [0.2, 0.25) is 0 Å². The Bertz CT molecular complexity index is 1270. The maximum absolute atomic E-state index is 12.8. The molecule has 4 rings (SSSR count). The van der Waals surface area contributed by atoms with Gasteiger partial charge in [0.25, 0.3) is 5.91 Å². The number of ether oxygens (including phenoxy) is 1. The number of rotatable bonds is 6. The van der Waals surface area contributed by atoms with Crippen LogP contribution in [-0.4, -0.2) is 35.5 Å². The first-order valence-electron chi connectivity index (χ1n) is 11.4. The zero-order valence-corrected chi connectivity index (χ0v) is 20.7. The van der Waals surface area contributed by atoms with Crippen molar-refractivity contribution in [3.05, 3.63) is 101 Å². The number of carbonyl (C=O) groups is 2. The summed E-state index contributed by atoms with van der Waals surface area (Å²) < 4.78 is 5.04. The monoisotopic (exact) mass is 485 g/mol. The Labute approximate surface area is 210 Å². The number of nitrogens with zero attached hydrogens (tertiary/aromatic N) is 1. The summed E-state index contributed by atoms with van der Waals surface area (Å²) in [5.74, 6) is -0.601. The molecular formula is C28H27N3O3S. The summed E-state index contributed by atoms with van der Waals surface area (Å²) in [4.78, 5) is 27.2. The molecule has 0 spiro atoms. The Kier molecular flexibility index (Phi) is 7.27. The number of methoxy groups -OCH3 is 1. The normalized spacial score (nSPS) is 15.5. The van der Waals surface area contributed by atoms with Gasteiger partial charge in [-0.25, -0.2) is 4.79 Å². The molecule has 0 aliphatic carbocycles. The van der Waals surface area contributed by atoms with Crippen LogP contribution in [0.5, 0.6) is 0 Å². The average Bonchev–Trinajstić information content (AvgIpc) is 2.89. The second-order valence-corrected chi connectivity index (χ2v) is 8.52. The summed E-state index contributed by atoms with van der Waals surface area (Å²) in [6.45, 7) is 4.48. The fraction of sp³-hybridized carbons (Fsp3) is 0.179. The number of amides is 1. The Morgan fingerprint density at radius 1 is 0.971 bits per heavy atom. The second-order valence-electron chi connectivity index (χ2n) is 8.14. The lowest BCUT2D eigenvalue weighted by Gasteiger charge is -2.36. The van der Waals surface area contributed by atoms with Gasteiger partial charge in [0.1, 0.15) is 0 Å². The summed E-state index contributed by atoms with van der Waals surface area (Å²) in [6, 6.07) is 24.4. The van der Waals surface area contributed by atoms with Crippen LogP contribution in [0.4, 0.5) is 5.69 Å². The summed E-state index contributed by atoms with van der Waals surface area (Å²) in [5, 5.41) is 6.73. The van der Waals surface area contributed by atoms with Gasteiger partial charge >= 0.3 is 5.97 Å². The van der Waals surface area contributed by atoms with Crippen LogP contribution in [0.25, 0.3) is 11.1 Å². The SMILES string of the molecule is CCN1C(=S)N[C@H](c2ccc(NC(=O)c3ccc(-c4ccccc4)cc3)cc2)C(C(=O)OC)=C1C. The predicted octanol–water partition coefficient (Wildman–Crippen LogP) is 5.30. The quantitative estimate of drug-likeness (QED) is 0.365. The van der Waals surface area contributed by atoms with Crippen molar-refractivity contribution in [3.63, 3.8) is 0 Å². The van der Waals surface area contributed by atoms with E-state index < -0.39 is 12.0 Å². The van der Waals surface area contributed by atoms with E-state index in [0.29, 0.717) is 28.5 Å². The topological polar surface area (TPSA) is 70.7 Å². The van der Waals surface area contributed by atoms with Gasteiger partial charge in [-0.3, -0.25) is 4.79 Å². The first kappa shape index (κ1) is 24.2. The summed E-state index contributed by atoms with van der Waals surface area (Å²) in [7, 11) is 1.37. The Morgan fingerprint density at radius 3 is 2.20 bits per heavy atom. The van der Waals surface area contributed by atoms with Crippen molar-refractivity contribution in [2.45, 2.75) is 19.9 Å². The Hall–Kier alpha value is -3.97.